The van der Waals surface area contributed by atoms with E-state index in [1.54, 1.807) is 37.2 Å². The van der Waals surface area contributed by atoms with E-state index in [4.69, 9.17) is 0 Å². The van der Waals surface area contributed by atoms with Crippen molar-refractivity contribution in [1.29, 1.82) is 0 Å². The first-order chi connectivity index (χ1) is 4.68. The summed E-state index contributed by atoms with van der Waals surface area (Å²) in [5.41, 5.74) is 0. The van der Waals surface area contributed by atoms with E-state index in [0.717, 1.165) is 11.5 Å². The van der Waals surface area contributed by atoms with E-state index in [2.05, 4.69) is 6.92 Å². The van der Waals surface area contributed by atoms with Crippen molar-refractivity contribution in [2.45, 2.75) is 6.92 Å². The zero-order valence-electron chi connectivity index (χ0n) is 6.76. The molecule has 0 spiro atoms. The number of hydrogen-bond acceptors (Lipinski definition) is 2. The van der Waals surface area contributed by atoms with Gasteiger partial charge in [-0.05, 0) is 5.75 Å². The monoisotopic (exact) mass is 160 g/mol. The van der Waals surface area contributed by atoms with E-state index in [1.807, 2.05) is 0 Å². The van der Waals surface area contributed by atoms with Crippen LogP contribution in [-0.2, 0) is 4.79 Å². The van der Waals surface area contributed by atoms with E-state index >= 15 is 0 Å². The molecule has 0 unspecified atom stereocenters. The highest BCUT2D eigenvalue weighted by Crippen LogP contribution is 2.00. The molecule has 3 heteroatoms. The summed E-state index contributed by atoms with van der Waals surface area (Å²) in [6.45, 7) is 2.08. The maximum atomic E-state index is 10.9. The molecule has 0 heterocycles. The van der Waals surface area contributed by atoms with E-state index in [1.165, 1.54) is 0 Å². The Morgan fingerprint density at radius 3 is 2.60 bits per heavy atom. The summed E-state index contributed by atoms with van der Waals surface area (Å²) in [7, 11) is 3.52. The number of amides is 1. The Bertz CT molecular complexity index is 104. The second-order valence-electron chi connectivity index (χ2n) is 2.10. The van der Waals surface area contributed by atoms with Gasteiger partial charge >= 0.3 is 0 Å². The van der Waals surface area contributed by atoms with Crippen LogP contribution in [0.15, 0.2) is 0 Å². The third-order valence-electron chi connectivity index (χ3n) is 1.02. The second-order valence-corrected chi connectivity index (χ2v) is 3.42. The van der Waals surface area contributed by atoms with Gasteiger partial charge in [-0.2, -0.15) is 11.8 Å². The quantitative estimate of drug-likeness (QED) is 0.573. The summed E-state index contributed by atoms with van der Waals surface area (Å²) >= 11 is 1.75. The SMILES string of the molecule is CCSC[CH]C(=O)N(C)C. The summed E-state index contributed by atoms with van der Waals surface area (Å²) in [5, 5.41) is 0. The lowest BCUT2D eigenvalue weighted by molar-refractivity contribution is -0.124. The smallest absolute Gasteiger partial charge is 0.226 e. The summed E-state index contributed by atoms with van der Waals surface area (Å²) in [5.74, 6) is 1.99. The van der Waals surface area contributed by atoms with Gasteiger partial charge in [0.25, 0.3) is 0 Å². The lowest BCUT2D eigenvalue weighted by Gasteiger charge is -2.08. The van der Waals surface area contributed by atoms with Crippen LogP contribution in [0.5, 0.6) is 0 Å². The molecule has 0 saturated carbocycles. The predicted molar refractivity (Wildman–Crippen MR) is 46.0 cm³/mol. The van der Waals surface area contributed by atoms with Crippen molar-refractivity contribution < 1.29 is 4.79 Å². The number of hydrogen-bond donors (Lipinski definition) is 0. The molecule has 1 radical (unpaired) electrons. The summed E-state index contributed by atoms with van der Waals surface area (Å²) in [6.07, 6.45) is 1.70. The van der Waals surface area contributed by atoms with Crippen LogP contribution in [0.2, 0.25) is 0 Å². The molecule has 0 N–H and O–H groups in total. The molecule has 0 atom stereocenters. The molecule has 0 rings (SSSR count). The largest absolute Gasteiger partial charge is 0.349 e. The maximum Gasteiger partial charge on any atom is 0.226 e. The van der Waals surface area contributed by atoms with Crippen LogP contribution < -0.4 is 0 Å². The van der Waals surface area contributed by atoms with Gasteiger partial charge in [-0.1, -0.05) is 6.92 Å². The predicted octanol–water partition coefficient (Wildman–Crippen LogP) is 1.03. The topological polar surface area (TPSA) is 20.3 Å². The molecular formula is C7H14NOS. The zero-order chi connectivity index (χ0) is 7.98. The van der Waals surface area contributed by atoms with Crippen molar-refractivity contribution in [2.75, 3.05) is 25.6 Å². The molecule has 0 aromatic rings. The highest BCUT2D eigenvalue weighted by atomic mass is 32.2. The van der Waals surface area contributed by atoms with Crippen LogP contribution in [0, 0.1) is 6.42 Å². The summed E-state index contributed by atoms with van der Waals surface area (Å²) in [6, 6.07) is 0. The average molecular weight is 160 g/mol. The minimum Gasteiger partial charge on any atom is -0.349 e. The van der Waals surface area contributed by atoms with Crippen LogP contribution in [0.3, 0.4) is 0 Å². The van der Waals surface area contributed by atoms with Crippen molar-refractivity contribution in [1.82, 2.24) is 4.90 Å². The van der Waals surface area contributed by atoms with Crippen LogP contribution in [0.1, 0.15) is 6.92 Å². The number of nitrogens with zero attached hydrogens (tertiary/aromatic N) is 1. The highest BCUT2D eigenvalue weighted by molar-refractivity contribution is 7.99. The normalized spacial score (nSPS) is 9.50. The van der Waals surface area contributed by atoms with E-state index in [-0.39, 0.29) is 5.91 Å². The average Bonchev–Trinajstić information content (AvgIpc) is 1.88. The molecule has 0 aliphatic heterocycles. The zero-order valence-corrected chi connectivity index (χ0v) is 7.57. The molecule has 59 valence electrons. The molecule has 2 nitrogen and oxygen atoms in total. The number of rotatable bonds is 4. The van der Waals surface area contributed by atoms with Crippen molar-refractivity contribution in [3.63, 3.8) is 0 Å². The van der Waals surface area contributed by atoms with Gasteiger partial charge in [0.2, 0.25) is 5.91 Å². The van der Waals surface area contributed by atoms with Gasteiger partial charge in [0.15, 0.2) is 0 Å². The fraction of sp³-hybridized carbons (Fsp3) is 0.714. The fourth-order valence-corrected chi connectivity index (χ4v) is 0.927. The van der Waals surface area contributed by atoms with Crippen LogP contribution >= 0.6 is 11.8 Å². The van der Waals surface area contributed by atoms with Crippen LogP contribution in [0.25, 0.3) is 0 Å². The Hall–Kier alpha value is -0.180. The fourth-order valence-electron chi connectivity index (χ4n) is 0.431. The molecule has 1 amide bonds. The van der Waals surface area contributed by atoms with Gasteiger partial charge in [0.1, 0.15) is 0 Å². The van der Waals surface area contributed by atoms with Crippen molar-refractivity contribution in [3.8, 4) is 0 Å². The first-order valence-corrected chi connectivity index (χ1v) is 4.46. The molecule has 0 saturated heterocycles. The van der Waals surface area contributed by atoms with E-state index < -0.39 is 0 Å². The Kier molecular flexibility index (Phi) is 5.49. The molecular weight excluding hydrogens is 146 g/mol. The third kappa shape index (κ3) is 4.68. The second kappa shape index (κ2) is 5.59. The molecule has 0 fully saturated rings. The van der Waals surface area contributed by atoms with Gasteiger partial charge in [-0.25, -0.2) is 0 Å². The molecule has 0 aromatic carbocycles. The van der Waals surface area contributed by atoms with E-state index in [9.17, 15) is 4.79 Å². The minimum atomic E-state index is 0.0981. The Morgan fingerprint density at radius 1 is 1.60 bits per heavy atom. The lowest BCUT2D eigenvalue weighted by atomic mass is 10.4. The molecule has 0 aliphatic carbocycles. The lowest BCUT2D eigenvalue weighted by Crippen LogP contribution is -2.22. The maximum absolute atomic E-state index is 10.9. The minimum absolute atomic E-state index is 0.0981. The van der Waals surface area contributed by atoms with Crippen LogP contribution in [0.4, 0.5) is 0 Å². The van der Waals surface area contributed by atoms with Crippen molar-refractivity contribution in [2.24, 2.45) is 0 Å². The number of thioether (sulfide) groups is 1. The van der Waals surface area contributed by atoms with Crippen molar-refractivity contribution in [3.05, 3.63) is 6.42 Å². The van der Waals surface area contributed by atoms with E-state index in [0.29, 0.717) is 0 Å². The Labute approximate surface area is 67.0 Å². The third-order valence-corrected chi connectivity index (χ3v) is 1.83. The standard InChI is InChI=1S/C7H14NOS/c1-4-10-6-5-7(9)8(2)3/h5H,4,6H2,1-3H3. The molecule has 0 bridgehead atoms. The summed E-state index contributed by atoms with van der Waals surface area (Å²) < 4.78 is 0. The highest BCUT2D eigenvalue weighted by Gasteiger charge is 2.01. The van der Waals surface area contributed by atoms with Gasteiger partial charge in [-0.3, -0.25) is 4.79 Å². The number of carbonyl (C=O) groups is 1. The first kappa shape index (κ1) is 9.82. The molecule has 0 aliphatic rings. The van der Waals surface area contributed by atoms with Gasteiger partial charge in [0.05, 0.1) is 6.42 Å². The van der Waals surface area contributed by atoms with Gasteiger partial charge < -0.3 is 4.90 Å². The number of carbonyl (C=O) groups excluding carboxylic acids is 1. The van der Waals surface area contributed by atoms with Crippen molar-refractivity contribution >= 4 is 17.7 Å². The van der Waals surface area contributed by atoms with Gasteiger partial charge in [0, 0.05) is 19.8 Å². The summed E-state index contributed by atoms with van der Waals surface area (Å²) in [4.78, 5) is 12.5. The van der Waals surface area contributed by atoms with Gasteiger partial charge in [-0.15, -0.1) is 0 Å². The van der Waals surface area contributed by atoms with Crippen LogP contribution in [-0.4, -0.2) is 36.4 Å². The Balaban J connectivity index is 3.22. The molecule has 10 heavy (non-hydrogen) atoms. The first-order valence-electron chi connectivity index (χ1n) is 3.30. The molecule has 0 aromatic heterocycles. The Morgan fingerprint density at radius 2 is 2.20 bits per heavy atom.